The van der Waals surface area contributed by atoms with Crippen molar-refractivity contribution in [1.82, 2.24) is 9.88 Å². The van der Waals surface area contributed by atoms with Crippen LogP contribution in [0.25, 0.3) is 11.1 Å². The van der Waals surface area contributed by atoms with Crippen molar-refractivity contribution >= 4 is 11.7 Å². The number of anilines is 1. The van der Waals surface area contributed by atoms with Crippen LogP contribution in [-0.2, 0) is 4.79 Å². The van der Waals surface area contributed by atoms with Gasteiger partial charge in [0, 0.05) is 31.7 Å². The van der Waals surface area contributed by atoms with Crippen LogP contribution in [0, 0.1) is 5.92 Å². The predicted octanol–water partition coefficient (Wildman–Crippen LogP) is 6.15. The fraction of sp³-hybridized carbons (Fsp3) is 0.400. The van der Waals surface area contributed by atoms with Crippen LogP contribution >= 0.6 is 0 Å². The summed E-state index contributed by atoms with van der Waals surface area (Å²) in [7, 11) is 0. The van der Waals surface area contributed by atoms with Gasteiger partial charge in [0.1, 0.15) is 5.82 Å². The fourth-order valence-electron chi connectivity index (χ4n) is 5.57. The minimum atomic E-state index is 0.155. The van der Waals surface area contributed by atoms with Gasteiger partial charge in [-0.1, -0.05) is 79.9 Å². The van der Waals surface area contributed by atoms with E-state index in [1.165, 1.54) is 42.4 Å². The summed E-state index contributed by atoms with van der Waals surface area (Å²) < 4.78 is 0. The van der Waals surface area contributed by atoms with Gasteiger partial charge in [0.25, 0.3) is 0 Å². The first-order chi connectivity index (χ1) is 16.8. The maximum Gasteiger partial charge on any atom is 0.231 e. The van der Waals surface area contributed by atoms with E-state index >= 15 is 0 Å². The molecule has 1 saturated heterocycles. The van der Waals surface area contributed by atoms with E-state index in [-0.39, 0.29) is 11.8 Å². The van der Waals surface area contributed by atoms with Crippen molar-refractivity contribution in [2.75, 3.05) is 31.1 Å². The number of hydrogen-bond donors (Lipinski definition) is 0. The van der Waals surface area contributed by atoms with Crippen molar-refractivity contribution in [3.05, 3.63) is 84.6 Å². The van der Waals surface area contributed by atoms with Gasteiger partial charge in [0.05, 0.1) is 0 Å². The maximum atomic E-state index is 13.4. The SMILES string of the molecule is O=C(C1CCCCC1)N(CCN1CCC(c2cccc(-c3ccccc3)c2)C1)c1ccccn1. The molecule has 2 aliphatic rings. The molecule has 4 nitrogen and oxygen atoms in total. The molecule has 2 fully saturated rings. The van der Waals surface area contributed by atoms with Gasteiger partial charge < -0.3 is 4.90 Å². The summed E-state index contributed by atoms with van der Waals surface area (Å²) in [5.41, 5.74) is 3.98. The van der Waals surface area contributed by atoms with E-state index in [4.69, 9.17) is 0 Å². The highest BCUT2D eigenvalue weighted by Gasteiger charge is 2.29. The Balaban J connectivity index is 1.23. The number of pyridine rings is 1. The molecule has 1 aliphatic heterocycles. The van der Waals surface area contributed by atoms with Gasteiger partial charge in [0.2, 0.25) is 5.91 Å². The number of carbonyl (C=O) groups is 1. The number of hydrogen-bond acceptors (Lipinski definition) is 3. The third kappa shape index (κ3) is 5.39. The number of carbonyl (C=O) groups excluding carboxylic acids is 1. The average Bonchev–Trinajstić information content (AvgIpc) is 3.39. The molecule has 0 bridgehead atoms. The van der Waals surface area contributed by atoms with Crippen molar-refractivity contribution in [3.63, 3.8) is 0 Å². The van der Waals surface area contributed by atoms with E-state index in [1.54, 1.807) is 6.20 Å². The van der Waals surface area contributed by atoms with Crippen molar-refractivity contribution in [2.45, 2.75) is 44.4 Å². The Hall–Kier alpha value is -2.98. The second kappa shape index (κ2) is 11.0. The lowest BCUT2D eigenvalue weighted by Gasteiger charge is -2.30. The van der Waals surface area contributed by atoms with Crippen LogP contribution in [0.3, 0.4) is 0 Å². The summed E-state index contributed by atoms with van der Waals surface area (Å²) >= 11 is 0. The molecule has 1 unspecified atom stereocenters. The number of amides is 1. The quantitative estimate of drug-likeness (QED) is 0.430. The summed E-state index contributed by atoms with van der Waals surface area (Å²) in [6.07, 6.45) is 8.59. The largest absolute Gasteiger partial charge is 0.301 e. The number of rotatable bonds is 7. The van der Waals surface area contributed by atoms with Gasteiger partial charge in [-0.25, -0.2) is 4.98 Å². The Morgan fingerprint density at radius 2 is 1.68 bits per heavy atom. The first-order valence-electron chi connectivity index (χ1n) is 12.9. The molecule has 0 N–H and O–H groups in total. The lowest BCUT2D eigenvalue weighted by Crippen LogP contribution is -2.42. The monoisotopic (exact) mass is 453 g/mol. The molecule has 4 heteroatoms. The minimum absolute atomic E-state index is 0.155. The summed E-state index contributed by atoms with van der Waals surface area (Å²) in [5, 5.41) is 0. The van der Waals surface area contributed by atoms with Crippen LogP contribution in [0.15, 0.2) is 79.0 Å². The zero-order valence-electron chi connectivity index (χ0n) is 20.0. The smallest absolute Gasteiger partial charge is 0.231 e. The van der Waals surface area contributed by atoms with Crippen molar-refractivity contribution < 1.29 is 4.79 Å². The Morgan fingerprint density at radius 3 is 2.47 bits per heavy atom. The normalized spacial score (nSPS) is 19.2. The average molecular weight is 454 g/mol. The van der Waals surface area contributed by atoms with Gasteiger partial charge in [-0.15, -0.1) is 0 Å². The molecular formula is C30H35N3O. The highest BCUT2D eigenvalue weighted by atomic mass is 16.2. The first kappa shape index (κ1) is 22.8. The van der Waals surface area contributed by atoms with Crippen molar-refractivity contribution in [1.29, 1.82) is 0 Å². The summed E-state index contributed by atoms with van der Waals surface area (Å²) in [4.78, 5) is 22.4. The highest BCUT2D eigenvalue weighted by molar-refractivity contribution is 5.94. The van der Waals surface area contributed by atoms with E-state index in [1.807, 2.05) is 23.1 Å². The van der Waals surface area contributed by atoms with Crippen LogP contribution in [0.2, 0.25) is 0 Å². The molecular weight excluding hydrogens is 418 g/mol. The molecule has 176 valence electrons. The second-order valence-corrected chi connectivity index (χ2v) is 9.79. The summed E-state index contributed by atoms with van der Waals surface area (Å²) in [5.74, 6) is 1.76. The molecule has 1 aliphatic carbocycles. The molecule has 1 atom stereocenters. The van der Waals surface area contributed by atoms with Gasteiger partial charge >= 0.3 is 0 Å². The molecule has 5 rings (SSSR count). The number of likely N-dealkylation sites (tertiary alicyclic amines) is 1. The Kier molecular flexibility index (Phi) is 7.35. The Labute approximate surface area is 203 Å². The number of nitrogens with zero attached hydrogens (tertiary/aromatic N) is 3. The zero-order valence-corrected chi connectivity index (χ0v) is 20.0. The predicted molar refractivity (Wildman–Crippen MR) is 139 cm³/mol. The van der Waals surface area contributed by atoms with Gasteiger partial charge in [-0.2, -0.15) is 0 Å². The molecule has 1 amide bonds. The molecule has 1 aromatic heterocycles. The molecule has 0 radical (unpaired) electrons. The minimum Gasteiger partial charge on any atom is -0.301 e. The first-order valence-corrected chi connectivity index (χ1v) is 12.9. The summed E-state index contributed by atoms with van der Waals surface area (Å²) in [6, 6.07) is 25.5. The van der Waals surface area contributed by atoms with E-state index < -0.39 is 0 Å². The highest BCUT2D eigenvalue weighted by Crippen LogP contribution is 2.31. The van der Waals surface area contributed by atoms with E-state index in [9.17, 15) is 4.79 Å². The topological polar surface area (TPSA) is 36.4 Å². The van der Waals surface area contributed by atoms with Crippen molar-refractivity contribution in [3.8, 4) is 11.1 Å². The second-order valence-electron chi connectivity index (χ2n) is 9.79. The van der Waals surface area contributed by atoms with E-state index in [0.717, 1.165) is 38.3 Å². The lowest BCUT2D eigenvalue weighted by atomic mass is 9.88. The third-order valence-electron chi connectivity index (χ3n) is 7.52. The van der Waals surface area contributed by atoms with Crippen LogP contribution in [0.4, 0.5) is 5.82 Å². The number of benzene rings is 2. The molecule has 0 spiro atoms. The molecule has 34 heavy (non-hydrogen) atoms. The van der Waals surface area contributed by atoms with Gasteiger partial charge in [-0.3, -0.25) is 9.69 Å². The van der Waals surface area contributed by atoms with E-state index in [2.05, 4.69) is 64.5 Å². The third-order valence-corrected chi connectivity index (χ3v) is 7.52. The molecule has 3 aromatic rings. The standard InChI is InChI=1S/C30H35N3O/c34-30(25-12-5-2-6-13-25)33(29-16-7-8-18-31-29)21-20-32-19-17-28(23-32)27-15-9-14-26(22-27)24-10-3-1-4-11-24/h1,3-4,7-11,14-16,18,22,25,28H,2,5-6,12-13,17,19-21,23H2. The van der Waals surface area contributed by atoms with Gasteiger partial charge in [-0.05, 0) is 60.5 Å². The van der Waals surface area contributed by atoms with Crippen LogP contribution in [-0.4, -0.2) is 42.0 Å². The van der Waals surface area contributed by atoms with Gasteiger partial charge in [0.15, 0.2) is 0 Å². The Morgan fingerprint density at radius 1 is 0.882 bits per heavy atom. The lowest BCUT2D eigenvalue weighted by molar-refractivity contribution is -0.123. The van der Waals surface area contributed by atoms with Crippen LogP contribution in [0.5, 0.6) is 0 Å². The summed E-state index contributed by atoms with van der Waals surface area (Å²) in [6.45, 7) is 3.73. The van der Waals surface area contributed by atoms with Crippen molar-refractivity contribution in [2.24, 2.45) is 5.92 Å². The van der Waals surface area contributed by atoms with E-state index in [0.29, 0.717) is 12.5 Å². The van der Waals surface area contributed by atoms with Crippen LogP contribution in [0.1, 0.15) is 50.0 Å². The molecule has 1 saturated carbocycles. The number of aromatic nitrogens is 1. The maximum absolute atomic E-state index is 13.4. The molecule has 2 aromatic carbocycles. The van der Waals surface area contributed by atoms with Crippen LogP contribution < -0.4 is 4.90 Å². The molecule has 2 heterocycles. The fourth-order valence-corrected chi connectivity index (χ4v) is 5.57. The zero-order chi connectivity index (χ0) is 23.2. The Bertz CT molecular complexity index is 1060.